The Labute approximate surface area is 134 Å². The Hall–Kier alpha value is -0.320. The second kappa shape index (κ2) is 13.1. The summed E-state index contributed by atoms with van der Waals surface area (Å²) in [4.78, 5) is 0. The summed E-state index contributed by atoms with van der Waals surface area (Å²) < 4.78 is 37.9. The molecule has 1 nitrogen and oxygen atoms in total. The highest BCUT2D eigenvalue weighted by Crippen LogP contribution is 2.23. The van der Waals surface area contributed by atoms with Gasteiger partial charge < -0.3 is 9.19 Å². The number of nitrogens with zero attached hydrogens (tertiary/aromatic N) is 1. The first kappa shape index (κ1) is 23.9. The molecular weight excluding hydrogens is 294 g/mol. The summed E-state index contributed by atoms with van der Waals surface area (Å²) in [5.41, 5.74) is 0. The molecule has 0 atom stereocenters. The number of rotatable bonds is 13. The van der Waals surface area contributed by atoms with Crippen molar-refractivity contribution in [2.75, 3.05) is 26.2 Å². The van der Waals surface area contributed by atoms with E-state index < -0.39 is 12.6 Å². The fourth-order valence-electron chi connectivity index (χ4n) is 2.92. The molecule has 0 fully saturated rings. The largest absolute Gasteiger partial charge is 1.00 e. The van der Waals surface area contributed by atoms with Gasteiger partial charge in [-0.15, -0.1) is 0 Å². The molecule has 0 saturated carbocycles. The molecule has 0 bridgehead atoms. The molecule has 0 heterocycles. The minimum absolute atomic E-state index is 0. The predicted octanol–water partition coefficient (Wildman–Crippen LogP) is 2.94. The zero-order chi connectivity index (χ0) is 16.2. The van der Waals surface area contributed by atoms with Crippen molar-refractivity contribution < 1.29 is 22.4 Å². The summed E-state index contributed by atoms with van der Waals surface area (Å²) in [5, 5.41) is 0. The number of hydrogen-bond donors (Lipinski definition) is 0. The lowest BCUT2D eigenvalue weighted by Gasteiger charge is -2.39. The van der Waals surface area contributed by atoms with Gasteiger partial charge in [-0.05, 0) is 32.1 Å². The number of unbranched alkanes of at least 4 members (excludes halogenated alkanes) is 4. The molecule has 0 unspecified atom stereocenters. The highest BCUT2D eigenvalue weighted by Gasteiger charge is 2.28. The van der Waals surface area contributed by atoms with Crippen LogP contribution in [0.2, 0.25) is 0 Å². The van der Waals surface area contributed by atoms with Crippen LogP contribution in [-0.4, -0.2) is 36.8 Å². The van der Waals surface area contributed by atoms with Gasteiger partial charge in [0.05, 0.1) is 26.2 Å². The summed E-state index contributed by atoms with van der Waals surface area (Å²) in [6.45, 7) is 10.9. The summed E-state index contributed by atoms with van der Waals surface area (Å²) >= 11 is 0. The summed E-state index contributed by atoms with van der Waals surface area (Å²) in [7, 11) is 0. The number of halogens is 4. The highest BCUT2D eigenvalue weighted by molar-refractivity contribution is 4.54. The molecule has 136 valence electrons. The van der Waals surface area contributed by atoms with Gasteiger partial charge in [-0.3, -0.25) is 0 Å². The van der Waals surface area contributed by atoms with Gasteiger partial charge in [-0.25, -0.2) is 0 Å². The van der Waals surface area contributed by atoms with Crippen molar-refractivity contribution in [3.63, 3.8) is 0 Å². The maximum atomic E-state index is 12.3. The molecule has 0 N–H and O–H groups in total. The predicted molar refractivity (Wildman–Crippen MR) is 84.4 cm³/mol. The SMILES string of the molecule is CCCC[N+](CCCC)(CCCC)CCCCC(F)(F)F.[F-]. The van der Waals surface area contributed by atoms with Crippen molar-refractivity contribution in [1.29, 1.82) is 0 Å². The second-order valence-electron chi connectivity index (χ2n) is 6.37. The average molecular weight is 329 g/mol. The first-order valence-corrected chi connectivity index (χ1v) is 8.81. The molecule has 0 aromatic rings. The van der Waals surface area contributed by atoms with Crippen molar-refractivity contribution in [3.05, 3.63) is 0 Å². The lowest BCUT2D eigenvalue weighted by atomic mass is 10.1. The van der Waals surface area contributed by atoms with Gasteiger partial charge in [0.1, 0.15) is 0 Å². The molecule has 0 amide bonds. The number of alkyl halides is 3. The van der Waals surface area contributed by atoms with E-state index in [9.17, 15) is 13.2 Å². The third-order valence-corrected chi connectivity index (χ3v) is 4.30. The third-order valence-electron chi connectivity index (χ3n) is 4.30. The van der Waals surface area contributed by atoms with Crippen molar-refractivity contribution >= 4 is 0 Å². The molecule has 0 radical (unpaired) electrons. The van der Waals surface area contributed by atoms with Gasteiger partial charge in [-0.1, -0.05) is 40.0 Å². The Morgan fingerprint density at radius 2 is 1.00 bits per heavy atom. The van der Waals surface area contributed by atoms with E-state index in [1.807, 2.05) is 0 Å². The molecule has 0 saturated heterocycles. The zero-order valence-corrected chi connectivity index (χ0v) is 14.7. The van der Waals surface area contributed by atoms with Crippen LogP contribution in [0.25, 0.3) is 0 Å². The van der Waals surface area contributed by atoms with Crippen LogP contribution in [0.3, 0.4) is 0 Å². The van der Waals surface area contributed by atoms with Crippen molar-refractivity contribution in [2.45, 2.75) is 84.7 Å². The Kier molecular flexibility index (Phi) is 14.3. The molecular formula is C17H35F4N. The van der Waals surface area contributed by atoms with E-state index in [-0.39, 0.29) is 11.1 Å². The summed E-state index contributed by atoms with van der Waals surface area (Å²) in [6, 6.07) is 0. The van der Waals surface area contributed by atoms with E-state index in [1.165, 1.54) is 38.5 Å². The Bertz CT molecular complexity index is 220. The first-order valence-electron chi connectivity index (χ1n) is 8.81. The minimum Gasteiger partial charge on any atom is -1.00 e. The van der Waals surface area contributed by atoms with E-state index in [0.717, 1.165) is 30.7 Å². The van der Waals surface area contributed by atoms with Crippen molar-refractivity contribution in [2.24, 2.45) is 0 Å². The van der Waals surface area contributed by atoms with E-state index >= 15 is 0 Å². The van der Waals surface area contributed by atoms with Crippen LogP contribution in [0.1, 0.15) is 78.6 Å². The van der Waals surface area contributed by atoms with Crippen LogP contribution >= 0.6 is 0 Å². The maximum Gasteiger partial charge on any atom is 0.389 e. The molecule has 5 heteroatoms. The Morgan fingerprint density at radius 1 is 0.636 bits per heavy atom. The molecule has 22 heavy (non-hydrogen) atoms. The van der Waals surface area contributed by atoms with Crippen LogP contribution < -0.4 is 4.70 Å². The summed E-state index contributed by atoms with van der Waals surface area (Å²) in [5.74, 6) is 0. The van der Waals surface area contributed by atoms with Crippen LogP contribution in [0.4, 0.5) is 13.2 Å². The summed E-state index contributed by atoms with van der Waals surface area (Å²) in [6.07, 6.45) is 3.44. The zero-order valence-electron chi connectivity index (χ0n) is 14.7. The highest BCUT2D eigenvalue weighted by atomic mass is 19.4. The molecule has 0 aliphatic carbocycles. The first-order chi connectivity index (χ1) is 9.89. The smallest absolute Gasteiger partial charge is 0.389 e. The fraction of sp³-hybridized carbons (Fsp3) is 1.00. The van der Waals surface area contributed by atoms with Gasteiger partial charge in [0, 0.05) is 6.42 Å². The van der Waals surface area contributed by atoms with Gasteiger partial charge in [-0.2, -0.15) is 13.2 Å². The van der Waals surface area contributed by atoms with E-state index in [1.54, 1.807) is 0 Å². The minimum atomic E-state index is -3.99. The van der Waals surface area contributed by atoms with Crippen LogP contribution in [0.5, 0.6) is 0 Å². The van der Waals surface area contributed by atoms with E-state index in [0.29, 0.717) is 6.42 Å². The van der Waals surface area contributed by atoms with Gasteiger partial charge in [0.2, 0.25) is 0 Å². The van der Waals surface area contributed by atoms with Crippen LogP contribution in [0.15, 0.2) is 0 Å². The average Bonchev–Trinajstić information content (AvgIpc) is 2.43. The monoisotopic (exact) mass is 329 g/mol. The van der Waals surface area contributed by atoms with Gasteiger partial charge in [0.25, 0.3) is 0 Å². The Morgan fingerprint density at radius 3 is 1.32 bits per heavy atom. The molecule has 0 aliphatic heterocycles. The fourth-order valence-corrected chi connectivity index (χ4v) is 2.92. The molecule has 0 spiro atoms. The van der Waals surface area contributed by atoms with Crippen molar-refractivity contribution in [3.8, 4) is 0 Å². The molecule has 0 aromatic carbocycles. The normalized spacial score (nSPS) is 12.3. The number of hydrogen-bond acceptors (Lipinski definition) is 0. The van der Waals surface area contributed by atoms with Crippen LogP contribution in [0, 0.1) is 0 Å². The second-order valence-corrected chi connectivity index (χ2v) is 6.37. The van der Waals surface area contributed by atoms with Crippen molar-refractivity contribution in [1.82, 2.24) is 0 Å². The standard InChI is InChI=1S/C17H35F3N.FH/c1-4-7-13-21(14-8-5-2,15-9-6-3)16-11-10-12-17(18,19)20;/h4-16H2,1-3H3;1H/q+1;/p-1. The molecule has 0 aliphatic rings. The lowest BCUT2D eigenvalue weighted by molar-refractivity contribution is -0.929. The quantitative estimate of drug-likeness (QED) is 0.277. The van der Waals surface area contributed by atoms with Gasteiger partial charge in [0.15, 0.2) is 0 Å². The van der Waals surface area contributed by atoms with E-state index in [4.69, 9.17) is 0 Å². The maximum absolute atomic E-state index is 12.3. The molecule has 0 rings (SSSR count). The van der Waals surface area contributed by atoms with E-state index in [2.05, 4.69) is 20.8 Å². The third kappa shape index (κ3) is 12.2. The van der Waals surface area contributed by atoms with Crippen LogP contribution in [-0.2, 0) is 0 Å². The number of quaternary nitrogens is 1. The topological polar surface area (TPSA) is 0 Å². The molecule has 0 aromatic heterocycles. The Balaban J connectivity index is 0. The van der Waals surface area contributed by atoms with Gasteiger partial charge >= 0.3 is 6.18 Å². The lowest BCUT2D eigenvalue weighted by Crippen LogP contribution is -3.00.